The highest BCUT2D eigenvalue weighted by atomic mass is 16.1. The Morgan fingerprint density at radius 3 is 2.44 bits per heavy atom. The third-order valence-electron chi connectivity index (χ3n) is 1.84. The lowest BCUT2D eigenvalue weighted by Gasteiger charge is -2.05. The predicted molar refractivity (Wildman–Crippen MR) is 69.3 cm³/mol. The van der Waals surface area contributed by atoms with Gasteiger partial charge in [0, 0.05) is 6.42 Å². The van der Waals surface area contributed by atoms with E-state index in [1.54, 1.807) is 0 Å². The van der Waals surface area contributed by atoms with E-state index < -0.39 is 0 Å². The lowest BCUT2D eigenvalue weighted by atomic mass is 10.1. The number of H-pyrrole nitrogens is 1. The molecular weight excluding hydrogens is 202 g/mol. The Bertz CT molecular complexity index is 394. The predicted octanol–water partition coefficient (Wildman–Crippen LogP) is 2.22. The van der Waals surface area contributed by atoms with Crippen molar-refractivity contribution < 1.29 is 0 Å². The molecule has 0 fully saturated rings. The van der Waals surface area contributed by atoms with Crippen molar-refractivity contribution in [1.29, 1.82) is 0 Å². The first-order valence-electron chi connectivity index (χ1n) is 5.55. The van der Waals surface area contributed by atoms with E-state index in [4.69, 9.17) is 5.73 Å². The van der Waals surface area contributed by atoms with Crippen molar-refractivity contribution >= 4 is 11.9 Å². The second-order valence-corrected chi connectivity index (χ2v) is 3.61. The maximum atomic E-state index is 11.4. The van der Waals surface area contributed by atoms with Crippen LogP contribution in [0.3, 0.4) is 0 Å². The van der Waals surface area contributed by atoms with E-state index >= 15 is 0 Å². The van der Waals surface area contributed by atoms with E-state index in [0.29, 0.717) is 17.3 Å². The first-order chi connectivity index (χ1) is 7.54. The van der Waals surface area contributed by atoms with Crippen molar-refractivity contribution in [2.24, 2.45) is 5.92 Å². The van der Waals surface area contributed by atoms with Crippen molar-refractivity contribution in [3.63, 3.8) is 0 Å². The Kier molecular flexibility index (Phi) is 6.15. The highest BCUT2D eigenvalue weighted by Gasteiger charge is 2.06. The van der Waals surface area contributed by atoms with Crippen LogP contribution < -0.4 is 11.3 Å². The molecule has 0 saturated heterocycles. The van der Waals surface area contributed by atoms with Crippen LogP contribution in [0.2, 0.25) is 0 Å². The van der Waals surface area contributed by atoms with Crippen LogP contribution in [-0.2, 0) is 6.42 Å². The van der Waals surface area contributed by atoms with E-state index in [2.05, 4.69) is 30.4 Å². The number of hydrogen-bond donors (Lipinski definition) is 2. The van der Waals surface area contributed by atoms with Gasteiger partial charge in [-0.25, -0.2) is 4.98 Å². The van der Waals surface area contributed by atoms with Crippen molar-refractivity contribution in [2.45, 2.75) is 34.1 Å². The Morgan fingerprint density at radius 1 is 1.50 bits per heavy atom. The Hall–Kier alpha value is -1.58. The second-order valence-electron chi connectivity index (χ2n) is 3.61. The third-order valence-corrected chi connectivity index (χ3v) is 1.84. The van der Waals surface area contributed by atoms with Gasteiger partial charge in [0.1, 0.15) is 11.6 Å². The monoisotopic (exact) mass is 223 g/mol. The molecule has 0 aliphatic rings. The van der Waals surface area contributed by atoms with Crippen LogP contribution in [0.25, 0.3) is 6.08 Å². The zero-order valence-corrected chi connectivity index (χ0v) is 10.5. The van der Waals surface area contributed by atoms with Crippen LogP contribution in [0.4, 0.5) is 5.82 Å². The normalized spacial score (nSPS) is 9.56. The molecule has 0 aliphatic carbocycles. The molecule has 0 spiro atoms. The van der Waals surface area contributed by atoms with Crippen molar-refractivity contribution in [2.75, 3.05) is 5.73 Å². The van der Waals surface area contributed by atoms with Crippen molar-refractivity contribution in [3.8, 4) is 0 Å². The Morgan fingerprint density at radius 2 is 2.06 bits per heavy atom. The molecule has 4 heteroatoms. The summed E-state index contributed by atoms with van der Waals surface area (Å²) in [5.74, 6) is 1.32. The summed E-state index contributed by atoms with van der Waals surface area (Å²) in [6.45, 7) is 11.6. The number of nitrogen functional groups attached to an aromatic ring is 1. The quantitative estimate of drug-likeness (QED) is 0.825. The van der Waals surface area contributed by atoms with E-state index in [1.807, 2.05) is 13.8 Å². The standard InChI is InChI=1S/C10H15N3O.C2H6/c1-4-7-9(11)12-8(5-6(2)3)13-10(7)14;1-2/h4,6H,1,5H2,2-3H3,(H3,11,12,13,14);1-2H3. The zero-order chi connectivity index (χ0) is 12.7. The molecule has 3 N–H and O–H groups in total. The van der Waals surface area contributed by atoms with Gasteiger partial charge < -0.3 is 10.7 Å². The number of rotatable bonds is 3. The molecule has 4 nitrogen and oxygen atoms in total. The smallest absolute Gasteiger partial charge is 0.260 e. The number of anilines is 1. The van der Waals surface area contributed by atoms with Gasteiger partial charge in [0.05, 0.1) is 5.56 Å². The van der Waals surface area contributed by atoms with Gasteiger partial charge in [0.25, 0.3) is 5.56 Å². The minimum absolute atomic E-state index is 0.219. The molecule has 0 radical (unpaired) electrons. The molecule has 1 aromatic heterocycles. The summed E-state index contributed by atoms with van der Waals surface area (Å²) in [6, 6.07) is 0. The molecule has 0 unspecified atom stereocenters. The van der Waals surface area contributed by atoms with Gasteiger partial charge >= 0.3 is 0 Å². The minimum Gasteiger partial charge on any atom is -0.383 e. The lowest BCUT2D eigenvalue weighted by Crippen LogP contribution is -2.18. The SMILES string of the molecule is C=Cc1c(N)nc(CC(C)C)[nH]c1=O.CC. The van der Waals surface area contributed by atoms with Gasteiger partial charge in [0.2, 0.25) is 0 Å². The molecule has 0 aromatic carbocycles. The highest BCUT2D eigenvalue weighted by molar-refractivity contribution is 5.58. The first-order valence-corrected chi connectivity index (χ1v) is 5.55. The van der Waals surface area contributed by atoms with E-state index in [0.717, 1.165) is 6.42 Å². The van der Waals surface area contributed by atoms with Crippen LogP contribution in [0.1, 0.15) is 39.1 Å². The molecule has 90 valence electrons. The van der Waals surface area contributed by atoms with Gasteiger partial charge in [-0.1, -0.05) is 40.3 Å². The summed E-state index contributed by atoms with van der Waals surface area (Å²) in [5, 5.41) is 0. The maximum Gasteiger partial charge on any atom is 0.260 e. The summed E-state index contributed by atoms with van der Waals surface area (Å²) in [4.78, 5) is 18.2. The topological polar surface area (TPSA) is 71.8 Å². The summed E-state index contributed by atoms with van der Waals surface area (Å²) in [6.07, 6.45) is 2.14. The van der Waals surface area contributed by atoms with Gasteiger partial charge in [-0.3, -0.25) is 4.79 Å². The number of nitrogens with two attached hydrogens (primary N) is 1. The fourth-order valence-corrected chi connectivity index (χ4v) is 1.23. The summed E-state index contributed by atoms with van der Waals surface area (Å²) >= 11 is 0. The maximum absolute atomic E-state index is 11.4. The summed E-state index contributed by atoms with van der Waals surface area (Å²) in [7, 11) is 0. The average molecular weight is 223 g/mol. The first kappa shape index (κ1) is 14.4. The van der Waals surface area contributed by atoms with Gasteiger partial charge in [-0.05, 0) is 5.92 Å². The van der Waals surface area contributed by atoms with Gasteiger partial charge in [0.15, 0.2) is 0 Å². The Balaban J connectivity index is 0.00000106. The second kappa shape index (κ2) is 6.82. The van der Waals surface area contributed by atoms with Crippen molar-refractivity contribution in [3.05, 3.63) is 28.3 Å². The number of aromatic amines is 1. The lowest BCUT2D eigenvalue weighted by molar-refractivity contribution is 0.619. The highest BCUT2D eigenvalue weighted by Crippen LogP contribution is 2.06. The molecular formula is C12H21N3O. The van der Waals surface area contributed by atoms with Crippen LogP contribution >= 0.6 is 0 Å². The molecule has 16 heavy (non-hydrogen) atoms. The zero-order valence-electron chi connectivity index (χ0n) is 10.5. The molecule has 0 atom stereocenters. The molecule has 0 aliphatic heterocycles. The average Bonchev–Trinajstić information content (AvgIpc) is 2.19. The molecule has 0 bridgehead atoms. The van der Waals surface area contributed by atoms with E-state index in [1.165, 1.54) is 6.08 Å². The molecule has 1 rings (SSSR count). The largest absolute Gasteiger partial charge is 0.383 e. The van der Waals surface area contributed by atoms with Crippen LogP contribution in [0.5, 0.6) is 0 Å². The van der Waals surface area contributed by atoms with Crippen LogP contribution in [0.15, 0.2) is 11.4 Å². The van der Waals surface area contributed by atoms with Crippen LogP contribution in [0, 0.1) is 5.92 Å². The van der Waals surface area contributed by atoms with Crippen LogP contribution in [-0.4, -0.2) is 9.97 Å². The molecule has 1 heterocycles. The number of nitrogens with zero attached hydrogens (tertiary/aromatic N) is 1. The summed E-state index contributed by atoms with van der Waals surface area (Å²) in [5.41, 5.74) is 5.73. The Labute approximate surface area is 96.6 Å². The number of hydrogen-bond acceptors (Lipinski definition) is 3. The fraction of sp³-hybridized carbons (Fsp3) is 0.500. The molecule has 1 aromatic rings. The van der Waals surface area contributed by atoms with Gasteiger partial charge in [-0.2, -0.15) is 0 Å². The summed E-state index contributed by atoms with van der Waals surface area (Å²) < 4.78 is 0. The fourth-order valence-electron chi connectivity index (χ4n) is 1.23. The third kappa shape index (κ3) is 3.88. The van der Waals surface area contributed by atoms with E-state index in [-0.39, 0.29) is 11.4 Å². The number of nitrogens with one attached hydrogen (secondary N) is 1. The minimum atomic E-state index is -0.219. The molecule has 0 amide bonds. The number of aromatic nitrogens is 2. The van der Waals surface area contributed by atoms with E-state index in [9.17, 15) is 4.79 Å². The van der Waals surface area contributed by atoms with Crippen molar-refractivity contribution in [1.82, 2.24) is 9.97 Å². The van der Waals surface area contributed by atoms with Gasteiger partial charge in [-0.15, -0.1) is 0 Å². The molecule has 0 saturated carbocycles.